The van der Waals surface area contributed by atoms with Crippen molar-refractivity contribution in [3.8, 4) is 0 Å². The summed E-state index contributed by atoms with van der Waals surface area (Å²) in [6, 6.07) is 0. The van der Waals surface area contributed by atoms with Crippen molar-refractivity contribution in [1.82, 2.24) is 0 Å². The Bertz CT molecular complexity index is 384. The van der Waals surface area contributed by atoms with Gasteiger partial charge in [-0.05, 0) is 0 Å². The predicted octanol–water partition coefficient (Wildman–Crippen LogP) is 0.732. The van der Waals surface area contributed by atoms with Gasteiger partial charge < -0.3 is 0 Å². The lowest BCUT2D eigenvalue weighted by Gasteiger charge is -2.20. The molecule has 0 heterocycles. The minimum Gasteiger partial charge on any atom is -0.282 e. The summed E-state index contributed by atoms with van der Waals surface area (Å²) < 4.78 is 62.2. The van der Waals surface area contributed by atoms with Crippen molar-refractivity contribution in [3.63, 3.8) is 0 Å². The maximum atomic E-state index is 13.7. The lowest BCUT2D eigenvalue weighted by atomic mass is 10.4. The number of halogens is 1. The van der Waals surface area contributed by atoms with Crippen LogP contribution in [0.4, 0.5) is 4.39 Å². The molecule has 0 rings (SSSR count). The number of hydrogen-bond acceptors (Lipinski definition) is 4. The molecule has 1 atom stereocenters. The normalized spacial score (nSPS) is 17.7. The van der Waals surface area contributed by atoms with E-state index in [0.717, 1.165) is 6.92 Å². The fraction of sp³-hybridized carbons (Fsp3) is 1.00. The molecule has 0 aromatic rings. The van der Waals surface area contributed by atoms with E-state index >= 15 is 0 Å². The highest BCUT2D eigenvalue weighted by atomic mass is 32.3. The fourth-order valence-corrected chi connectivity index (χ4v) is 4.00. The third kappa shape index (κ3) is 2.23. The largest absolute Gasteiger partial charge is 0.333 e. The van der Waals surface area contributed by atoms with E-state index in [9.17, 15) is 21.2 Å². The van der Waals surface area contributed by atoms with Gasteiger partial charge in [0.2, 0.25) is 9.84 Å². The van der Waals surface area contributed by atoms with Gasteiger partial charge in [-0.3, -0.25) is 4.55 Å². The number of sulfone groups is 1. The SMILES string of the molecule is CCCC(F)(S(=O)(=O)O)S(=O)(=O)CC. The number of hydrogen-bond donors (Lipinski definition) is 1. The first-order valence-electron chi connectivity index (χ1n) is 4.00. The van der Waals surface area contributed by atoms with Crippen molar-refractivity contribution in [2.45, 2.75) is 31.0 Å². The molecule has 0 aliphatic rings. The van der Waals surface area contributed by atoms with Crippen molar-refractivity contribution in [1.29, 1.82) is 0 Å². The Balaban J connectivity index is 5.58. The van der Waals surface area contributed by atoms with Crippen molar-refractivity contribution in [3.05, 3.63) is 0 Å². The summed E-state index contributed by atoms with van der Waals surface area (Å²) in [5, 5.41) is 0. The van der Waals surface area contributed by atoms with Crippen molar-refractivity contribution >= 4 is 20.0 Å². The van der Waals surface area contributed by atoms with Crippen LogP contribution < -0.4 is 0 Å². The summed E-state index contributed by atoms with van der Waals surface area (Å²) in [4.78, 5) is 0. The van der Waals surface area contributed by atoms with Crippen molar-refractivity contribution < 1.29 is 25.8 Å². The van der Waals surface area contributed by atoms with Gasteiger partial charge in [-0.1, -0.05) is 20.3 Å². The van der Waals surface area contributed by atoms with Crippen LogP contribution in [0, 0.1) is 0 Å². The second kappa shape index (κ2) is 4.11. The molecule has 0 bridgehead atoms. The van der Waals surface area contributed by atoms with Crippen molar-refractivity contribution in [2.24, 2.45) is 0 Å². The van der Waals surface area contributed by atoms with E-state index in [-0.39, 0.29) is 6.42 Å². The first-order valence-corrected chi connectivity index (χ1v) is 7.10. The Labute approximate surface area is 83.0 Å². The van der Waals surface area contributed by atoms with E-state index in [2.05, 4.69) is 0 Å². The molecule has 0 aromatic carbocycles. The lowest BCUT2D eigenvalue weighted by Crippen LogP contribution is -2.42. The molecule has 0 radical (unpaired) electrons. The summed E-state index contributed by atoms with van der Waals surface area (Å²) >= 11 is 0. The molecular formula is C6H13FO5S2. The molecule has 14 heavy (non-hydrogen) atoms. The van der Waals surface area contributed by atoms with E-state index in [0.29, 0.717) is 0 Å². The minimum atomic E-state index is -5.25. The average molecular weight is 248 g/mol. The lowest BCUT2D eigenvalue weighted by molar-refractivity contribution is 0.308. The predicted molar refractivity (Wildman–Crippen MR) is 49.8 cm³/mol. The van der Waals surface area contributed by atoms with E-state index < -0.39 is 36.5 Å². The Hall–Kier alpha value is -0.210. The van der Waals surface area contributed by atoms with Crippen LogP contribution in [0.1, 0.15) is 26.7 Å². The molecule has 1 N–H and O–H groups in total. The van der Waals surface area contributed by atoms with Crippen molar-refractivity contribution in [2.75, 3.05) is 5.75 Å². The van der Waals surface area contributed by atoms with Crippen LogP contribution in [0.3, 0.4) is 0 Å². The highest BCUT2D eigenvalue weighted by Gasteiger charge is 2.53. The molecule has 0 fully saturated rings. The van der Waals surface area contributed by atoms with Gasteiger partial charge in [0, 0.05) is 6.42 Å². The molecular weight excluding hydrogens is 235 g/mol. The first kappa shape index (κ1) is 13.8. The molecule has 0 aliphatic carbocycles. The fourth-order valence-electron chi connectivity index (χ4n) is 0.959. The number of rotatable bonds is 5. The van der Waals surface area contributed by atoms with Crippen LogP contribution in [0.15, 0.2) is 0 Å². The topological polar surface area (TPSA) is 88.5 Å². The third-order valence-corrected chi connectivity index (χ3v) is 6.04. The molecule has 1 unspecified atom stereocenters. The zero-order chi connectivity index (χ0) is 11.6. The average Bonchev–Trinajstić information content (AvgIpc) is 2.02. The zero-order valence-electron chi connectivity index (χ0n) is 7.90. The summed E-state index contributed by atoms with van der Waals surface area (Å²) in [5.41, 5.74) is 0. The summed E-state index contributed by atoms with van der Waals surface area (Å²) in [6.07, 6.45) is -0.766. The van der Waals surface area contributed by atoms with Gasteiger partial charge in [-0.15, -0.1) is 0 Å². The summed E-state index contributed by atoms with van der Waals surface area (Å²) in [5.74, 6) is -0.677. The smallest absolute Gasteiger partial charge is 0.282 e. The van der Waals surface area contributed by atoms with Gasteiger partial charge in [0.1, 0.15) is 0 Å². The second-order valence-corrected chi connectivity index (χ2v) is 7.10. The van der Waals surface area contributed by atoms with Gasteiger partial charge in [0.05, 0.1) is 5.75 Å². The first-order chi connectivity index (χ1) is 6.12. The summed E-state index contributed by atoms with van der Waals surface area (Å²) in [7, 11) is -9.74. The van der Waals surface area contributed by atoms with Gasteiger partial charge in [-0.25, -0.2) is 12.8 Å². The Morgan fingerprint density at radius 1 is 1.21 bits per heavy atom. The standard InChI is InChI=1S/C6H13FO5S2/c1-3-5-6(7,14(10,11)12)13(8,9)4-2/h3-5H2,1-2H3,(H,10,11,12). The van der Waals surface area contributed by atoms with Crippen LogP contribution in [-0.2, 0) is 20.0 Å². The monoisotopic (exact) mass is 248 g/mol. The summed E-state index contributed by atoms with van der Waals surface area (Å²) in [6.45, 7) is 2.54. The van der Waals surface area contributed by atoms with E-state index in [4.69, 9.17) is 4.55 Å². The molecule has 0 aromatic heterocycles. The molecule has 0 amide bonds. The molecule has 86 valence electrons. The van der Waals surface area contributed by atoms with Gasteiger partial charge in [-0.2, -0.15) is 8.42 Å². The third-order valence-electron chi connectivity index (χ3n) is 1.78. The van der Waals surface area contributed by atoms with E-state index in [1.54, 1.807) is 0 Å². The van der Waals surface area contributed by atoms with Crippen LogP contribution in [0.5, 0.6) is 0 Å². The van der Waals surface area contributed by atoms with E-state index in [1.807, 2.05) is 0 Å². The van der Waals surface area contributed by atoms with Gasteiger partial charge in [0.15, 0.2) is 0 Å². The van der Waals surface area contributed by atoms with Gasteiger partial charge >= 0.3 is 14.5 Å². The molecule has 0 saturated heterocycles. The Morgan fingerprint density at radius 3 is 1.86 bits per heavy atom. The molecule has 0 aliphatic heterocycles. The minimum absolute atomic E-state index is 0.00444. The maximum Gasteiger partial charge on any atom is 0.333 e. The Kier molecular flexibility index (Phi) is 4.05. The van der Waals surface area contributed by atoms with Crippen LogP contribution in [-0.4, -0.2) is 31.5 Å². The molecule has 8 heteroatoms. The Morgan fingerprint density at radius 2 is 1.64 bits per heavy atom. The molecule has 0 spiro atoms. The van der Waals surface area contributed by atoms with Gasteiger partial charge in [0.25, 0.3) is 0 Å². The van der Waals surface area contributed by atoms with Crippen LogP contribution in [0.25, 0.3) is 0 Å². The number of alkyl halides is 1. The molecule has 0 saturated carbocycles. The van der Waals surface area contributed by atoms with E-state index in [1.165, 1.54) is 6.92 Å². The van der Waals surface area contributed by atoms with Crippen LogP contribution in [0.2, 0.25) is 0 Å². The highest BCUT2D eigenvalue weighted by Crippen LogP contribution is 2.31. The quantitative estimate of drug-likeness (QED) is 0.725. The van der Waals surface area contributed by atoms with Crippen LogP contribution >= 0.6 is 0 Å². The maximum absolute atomic E-state index is 13.7. The second-order valence-electron chi connectivity index (χ2n) is 2.79. The highest BCUT2D eigenvalue weighted by molar-refractivity contribution is 8.07. The molecule has 5 nitrogen and oxygen atoms in total. The zero-order valence-corrected chi connectivity index (χ0v) is 9.53.